The number of nitrogens with zero attached hydrogens (tertiary/aromatic N) is 1. The second-order valence-corrected chi connectivity index (χ2v) is 7.23. The molecule has 0 bridgehead atoms. The molecular weight excluding hydrogens is 264 g/mol. The lowest BCUT2D eigenvalue weighted by molar-refractivity contribution is 0.310. The molecule has 0 fully saturated rings. The predicted octanol–water partition coefficient (Wildman–Crippen LogP) is 1.26. The lowest BCUT2D eigenvalue weighted by Crippen LogP contribution is -2.24. The molecule has 0 radical (unpaired) electrons. The summed E-state index contributed by atoms with van der Waals surface area (Å²) in [6.07, 6.45) is 4.12. The van der Waals surface area contributed by atoms with Crippen LogP contribution >= 0.6 is 0 Å². The summed E-state index contributed by atoms with van der Waals surface area (Å²) in [5.74, 6) is 1.04. The zero-order valence-corrected chi connectivity index (χ0v) is 12.8. The van der Waals surface area contributed by atoms with Gasteiger partial charge in [0.2, 0.25) is 0 Å². The Labute approximate surface area is 115 Å². The fourth-order valence-electron chi connectivity index (χ4n) is 1.68. The molecule has 1 aromatic rings. The SMILES string of the molecule is CCCNCc1coc(CN(C)CCS(C)(=O)=O)c1. The summed E-state index contributed by atoms with van der Waals surface area (Å²) < 4.78 is 27.6. The number of furan rings is 1. The van der Waals surface area contributed by atoms with E-state index in [4.69, 9.17) is 4.42 Å². The van der Waals surface area contributed by atoms with E-state index in [1.165, 1.54) is 6.26 Å². The number of hydrogen-bond acceptors (Lipinski definition) is 5. The van der Waals surface area contributed by atoms with Crippen molar-refractivity contribution >= 4 is 9.84 Å². The fourth-order valence-corrected chi connectivity index (χ4v) is 2.32. The highest BCUT2D eigenvalue weighted by Gasteiger charge is 2.08. The van der Waals surface area contributed by atoms with E-state index in [1.54, 1.807) is 6.26 Å². The maximum absolute atomic E-state index is 11.1. The van der Waals surface area contributed by atoms with E-state index in [9.17, 15) is 8.42 Å². The van der Waals surface area contributed by atoms with Crippen molar-refractivity contribution in [1.82, 2.24) is 10.2 Å². The second kappa shape index (κ2) is 7.67. The first-order valence-corrected chi connectivity index (χ1v) is 8.60. The second-order valence-electron chi connectivity index (χ2n) is 4.97. The van der Waals surface area contributed by atoms with E-state index in [1.807, 2.05) is 18.0 Å². The van der Waals surface area contributed by atoms with Crippen LogP contribution in [0.25, 0.3) is 0 Å². The number of hydrogen-bond donors (Lipinski definition) is 1. The quantitative estimate of drug-likeness (QED) is 0.693. The highest BCUT2D eigenvalue weighted by molar-refractivity contribution is 7.90. The summed E-state index contributed by atoms with van der Waals surface area (Å²) in [4.78, 5) is 1.95. The van der Waals surface area contributed by atoms with Gasteiger partial charge < -0.3 is 9.73 Å². The van der Waals surface area contributed by atoms with Crippen molar-refractivity contribution < 1.29 is 12.8 Å². The van der Waals surface area contributed by atoms with Crippen molar-refractivity contribution in [2.75, 3.05) is 32.1 Å². The van der Waals surface area contributed by atoms with Crippen LogP contribution in [-0.2, 0) is 22.9 Å². The van der Waals surface area contributed by atoms with Crippen molar-refractivity contribution in [3.8, 4) is 0 Å². The largest absolute Gasteiger partial charge is 0.468 e. The average molecular weight is 288 g/mol. The van der Waals surface area contributed by atoms with Crippen LogP contribution in [0, 0.1) is 0 Å². The van der Waals surface area contributed by atoms with E-state index in [-0.39, 0.29) is 5.75 Å². The molecule has 0 saturated heterocycles. The molecule has 0 aliphatic rings. The molecule has 6 heteroatoms. The van der Waals surface area contributed by atoms with Crippen LogP contribution in [0.3, 0.4) is 0 Å². The third kappa shape index (κ3) is 7.34. The summed E-state index contributed by atoms with van der Waals surface area (Å²) in [6, 6.07) is 2.01. The minimum atomic E-state index is -2.90. The molecule has 0 aliphatic carbocycles. The fraction of sp³-hybridized carbons (Fsp3) is 0.692. The molecule has 0 aliphatic heterocycles. The molecule has 1 rings (SSSR count). The first-order valence-electron chi connectivity index (χ1n) is 6.54. The van der Waals surface area contributed by atoms with Gasteiger partial charge in [-0.05, 0) is 26.1 Å². The van der Waals surface area contributed by atoms with E-state index >= 15 is 0 Å². The number of sulfone groups is 1. The Kier molecular flexibility index (Phi) is 6.54. The van der Waals surface area contributed by atoms with E-state index in [2.05, 4.69) is 12.2 Å². The summed E-state index contributed by atoms with van der Waals surface area (Å²) in [5, 5.41) is 3.31. The van der Waals surface area contributed by atoms with E-state index < -0.39 is 9.84 Å². The highest BCUT2D eigenvalue weighted by atomic mass is 32.2. The van der Waals surface area contributed by atoms with E-state index in [0.717, 1.165) is 30.8 Å². The van der Waals surface area contributed by atoms with Crippen molar-refractivity contribution in [3.05, 3.63) is 23.7 Å². The van der Waals surface area contributed by atoms with Crippen LogP contribution in [0.2, 0.25) is 0 Å². The first-order chi connectivity index (χ1) is 8.90. The van der Waals surface area contributed by atoms with Gasteiger partial charge in [-0.2, -0.15) is 0 Å². The average Bonchev–Trinajstić information content (AvgIpc) is 2.74. The minimum Gasteiger partial charge on any atom is -0.468 e. The topological polar surface area (TPSA) is 62.6 Å². The van der Waals surface area contributed by atoms with Gasteiger partial charge in [-0.25, -0.2) is 8.42 Å². The normalized spacial score (nSPS) is 12.2. The molecule has 0 saturated carbocycles. The summed E-state index contributed by atoms with van der Waals surface area (Å²) >= 11 is 0. The third-order valence-electron chi connectivity index (χ3n) is 2.73. The van der Waals surface area contributed by atoms with Gasteiger partial charge in [0, 0.05) is 24.9 Å². The molecule has 1 heterocycles. The number of nitrogens with one attached hydrogen (secondary N) is 1. The van der Waals surface area contributed by atoms with Crippen LogP contribution in [0.4, 0.5) is 0 Å². The third-order valence-corrected chi connectivity index (χ3v) is 3.66. The first kappa shape index (κ1) is 16.2. The molecule has 0 amide bonds. The molecule has 1 aromatic heterocycles. The zero-order valence-electron chi connectivity index (χ0n) is 12.0. The molecule has 0 atom stereocenters. The lowest BCUT2D eigenvalue weighted by Gasteiger charge is -2.13. The van der Waals surface area contributed by atoms with Crippen molar-refractivity contribution in [1.29, 1.82) is 0 Å². The Morgan fingerprint density at radius 2 is 2.16 bits per heavy atom. The van der Waals surface area contributed by atoms with Crippen LogP contribution in [-0.4, -0.2) is 45.5 Å². The van der Waals surface area contributed by atoms with Crippen LogP contribution in [0.15, 0.2) is 16.7 Å². The van der Waals surface area contributed by atoms with Gasteiger partial charge in [-0.15, -0.1) is 0 Å². The molecule has 0 aromatic carbocycles. The Morgan fingerprint density at radius 3 is 2.79 bits per heavy atom. The van der Waals surface area contributed by atoms with Crippen LogP contribution in [0.5, 0.6) is 0 Å². The molecule has 110 valence electrons. The Balaban J connectivity index is 2.36. The van der Waals surface area contributed by atoms with Crippen LogP contribution < -0.4 is 5.32 Å². The Hall–Kier alpha value is -0.850. The summed E-state index contributed by atoms with van der Waals surface area (Å²) in [6.45, 7) is 5.08. The predicted molar refractivity (Wildman–Crippen MR) is 76.8 cm³/mol. The minimum absolute atomic E-state index is 0.176. The van der Waals surface area contributed by atoms with Crippen molar-refractivity contribution in [2.24, 2.45) is 0 Å². The molecule has 0 spiro atoms. The van der Waals surface area contributed by atoms with E-state index in [0.29, 0.717) is 13.1 Å². The maximum Gasteiger partial charge on any atom is 0.148 e. The molecule has 5 nitrogen and oxygen atoms in total. The standard InChI is InChI=1S/C13H24N2O3S/c1-4-5-14-9-12-8-13(18-11-12)10-15(2)6-7-19(3,16)17/h8,11,14H,4-7,9-10H2,1-3H3. The van der Waals surface area contributed by atoms with Crippen LogP contribution in [0.1, 0.15) is 24.7 Å². The maximum atomic E-state index is 11.1. The van der Waals surface area contributed by atoms with Gasteiger partial charge in [-0.3, -0.25) is 4.90 Å². The lowest BCUT2D eigenvalue weighted by atomic mass is 10.3. The smallest absolute Gasteiger partial charge is 0.148 e. The Bertz CT molecular complexity index is 468. The van der Waals surface area contributed by atoms with Gasteiger partial charge >= 0.3 is 0 Å². The molecular formula is C13H24N2O3S. The van der Waals surface area contributed by atoms with Gasteiger partial charge in [0.05, 0.1) is 18.6 Å². The molecule has 1 N–H and O–H groups in total. The highest BCUT2D eigenvalue weighted by Crippen LogP contribution is 2.09. The van der Waals surface area contributed by atoms with Gasteiger partial charge in [-0.1, -0.05) is 6.92 Å². The molecule has 19 heavy (non-hydrogen) atoms. The van der Waals surface area contributed by atoms with Crippen molar-refractivity contribution in [3.63, 3.8) is 0 Å². The summed E-state index contributed by atoms with van der Waals surface area (Å²) in [5.41, 5.74) is 1.12. The Morgan fingerprint density at radius 1 is 1.42 bits per heavy atom. The zero-order chi connectivity index (χ0) is 14.3. The monoisotopic (exact) mass is 288 g/mol. The number of rotatable bonds is 9. The molecule has 0 unspecified atom stereocenters. The van der Waals surface area contributed by atoms with Crippen molar-refractivity contribution in [2.45, 2.75) is 26.4 Å². The van der Waals surface area contributed by atoms with Gasteiger partial charge in [0.25, 0.3) is 0 Å². The summed E-state index contributed by atoms with van der Waals surface area (Å²) in [7, 11) is -1.01. The van der Waals surface area contributed by atoms with Gasteiger partial charge in [0.1, 0.15) is 15.6 Å². The van der Waals surface area contributed by atoms with Gasteiger partial charge in [0.15, 0.2) is 0 Å².